The number of hydrogen-bond acceptors (Lipinski definition) is 9. The average Bonchev–Trinajstić information content (AvgIpc) is 3.59. The molecule has 1 aromatic carbocycles. The SMILES string of the molecule is C#CCO[C@@H]1CCC[C@H]1OC(=O)N[C@H](C(=O)N1C[C@H](Oc2nc3ccccc3nc2C(F)(F)Br)C[C@H]1C(=O)OC)C(C)(C)C. The number of esters is 1. The van der Waals surface area contributed by atoms with Gasteiger partial charge in [-0.05, 0) is 52.7 Å². The van der Waals surface area contributed by atoms with Crippen molar-refractivity contribution in [2.45, 2.75) is 81.7 Å². The summed E-state index contributed by atoms with van der Waals surface area (Å²) >= 11 is 2.34. The molecule has 4 rings (SSSR count). The zero-order valence-electron chi connectivity index (χ0n) is 24.8. The first-order valence-corrected chi connectivity index (χ1v) is 14.9. The maximum Gasteiger partial charge on any atom is 0.408 e. The average molecular weight is 682 g/mol. The predicted octanol–water partition coefficient (Wildman–Crippen LogP) is 4.31. The van der Waals surface area contributed by atoms with Gasteiger partial charge in [-0.25, -0.2) is 19.6 Å². The molecule has 1 aliphatic heterocycles. The number of para-hydroxylation sites is 2. The molecule has 11 nitrogen and oxygen atoms in total. The van der Waals surface area contributed by atoms with Crippen LogP contribution in [-0.4, -0.2) is 83.5 Å². The van der Waals surface area contributed by atoms with E-state index in [2.05, 4.69) is 37.1 Å². The van der Waals surface area contributed by atoms with Crippen LogP contribution in [0.5, 0.6) is 5.88 Å². The molecule has 14 heteroatoms. The van der Waals surface area contributed by atoms with Crippen LogP contribution in [0.15, 0.2) is 24.3 Å². The number of likely N-dealkylation sites (tertiary alicyclic amines) is 1. The number of benzene rings is 1. The van der Waals surface area contributed by atoms with Gasteiger partial charge in [0.1, 0.15) is 30.9 Å². The molecule has 2 fully saturated rings. The third kappa shape index (κ3) is 7.74. The van der Waals surface area contributed by atoms with Crippen molar-refractivity contribution < 1.29 is 42.1 Å². The van der Waals surface area contributed by atoms with Crippen LogP contribution < -0.4 is 10.1 Å². The van der Waals surface area contributed by atoms with Crippen molar-refractivity contribution in [2.24, 2.45) is 5.41 Å². The third-order valence-electron chi connectivity index (χ3n) is 7.51. The largest absolute Gasteiger partial charge is 0.471 e. The Kier molecular flexibility index (Phi) is 10.3. The Morgan fingerprint density at radius 3 is 2.43 bits per heavy atom. The minimum Gasteiger partial charge on any atom is -0.471 e. The highest BCUT2D eigenvalue weighted by molar-refractivity contribution is 9.09. The number of methoxy groups -OCH3 is 1. The summed E-state index contributed by atoms with van der Waals surface area (Å²) < 4.78 is 51.0. The number of carbonyl (C=O) groups excluding carboxylic acids is 3. The fourth-order valence-corrected chi connectivity index (χ4v) is 5.63. The van der Waals surface area contributed by atoms with Gasteiger partial charge in [-0.3, -0.25) is 4.79 Å². The van der Waals surface area contributed by atoms with Crippen molar-refractivity contribution in [3.8, 4) is 18.2 Å². The second-order valence-electron chi connectivity index (χ2n) is 11.7. The smallest absolute Gasteiger partial charge is 0.408 e. The van der Waals surface area contributed by atoms with E-state index < -0.39 is 64.1 Å². The zero-order chi connectivity index (χ0) is 32.2. The predicted molar refractivity (Wildman–Crippen MR) is 158 cm³/mol. The van der Waals surface area contributed by atoms with Crippen molar-refractivity contribution >= 4 is 44.9 Å². The Morgan fingerprint density at radius 1 is 1.16 bits per heavy atom. The van der Waals surface area contributed by atoms with Gasteiger partial charge < -0.3 is 29.2 Å². The number of terminal acetylenes is 1. The molecule has 238 valence electrons. The summed E-state index contributed by atoms with van der Waals surface area (Å²) in [5.41, 5.74) is -1.01. The number of nitrogens with one attached hydrogen (secondary N) is 1. The highest BCUT2D eigenvalue weighted by Crippen LogP contribution is 2.40. The molecular weight excluding hydrogens is 646 g/mol. The number of nitrogens with zero attached hydrogens (tertiary/aromatic N) is 3. The Labute approximate surface area is 262 Å². The van der Waals surface area contributed by atoms with Gasteiger partial charge in [-0.15, -0.1) is 6.42 Å². The van der Waals surface area contributed by atoms with Crippen molar-refractivity contribution in [1.29, 1.82) is 0 Å². The van der Waals surface area contributed by atoms with Gasteiger partial charge in [0.25, 0.3) is 0 Å². The molecule has 0 unspecified atom stereocenters. The van der Waals surface area contributed by atoms with Gasteiger partial charge >= 0.3 is 16.9 Å². The maximum atomic E-state index is 14.5. The molecule has 0 bridgehead atoms. The van der Waals surface area contributed by atoms with Crippen LogP contribution in [0.2, 0.25) is 0 Å². The molecular formula is C30H35BrF2N4O7. The summed E-state index contributed by atoms with van der Waals surface area (Å²) in [4.78, 5) is 45.7. The lowest BCUT2D eigenvalue weighted by atomic mass is 9.85. The fraction of sp³-hybridized carbons (Fsp3) is 0.567. The third-order valence-corrected chi connectivity index (χ3v) is 7.89. The number of rotatable bonds is 9. The zero-order valence-corrected chi connectivity index (χ0v) is 26.4. The number of halogens is 3. The van der Waals surface area contributed by atoms with E-state index in [9.17, 15) is 23.2 Å². The normalized spacial score (nSPS) is 22.7. The van der Waals surface area contributed by atoms with Crippen LogP contribution in [0, 0.1) is 17.8 Å². The van der Waals surface area contributed by atoms with Crippen LogP contribution in [0.3, 0.4) is 0 Å². The van der Waals surface area contributed by atoms with Crippen LogP contribution in [0.4, 0.5) is 13.6 Å². The number of fused-ring (bicyclic) bond motifs is 1. The molecule has 2 aromatic rings. The molecule has 2 aliphatic rings. The lowest BCUT2D eigenvalue weighted by Crippen LogP contribution is -2.57. The number of amides is 2. The first-order chi connectivity index (χ1) is 20.7. The Bertz CT molecular complexity index is 1420. The monoisotopic (exact) mass is 680 g/mol. The number of ether oxygens (including phenoxy) is 4. The van der Waals surface area contributed by atoms with Gasteiger partial charge in [-0.2, -0.15) is 8.78 Å². The first kappa shape index (κ1) is 33.3. The molecule has 1 saturated carbocycles. The molecule has 0 radical (unpaired) electrons. The Balaban J connectivity index is 1.55. The number of aromatic nitrogens is 2. The summed E-state index contributed by atoms with van der Waals surface area (Å²) in [5, 5.41) is 2.66. The summed E-state index contributed by atoms with van der Waals surface area (Å²) in [5.74, 6) is 0.629. The lowest BCUT2D eigenvalue weighted by Gasteiger charge is -2.35. The summed E-state index contributed by atoms with van der Waals surface area (Å²) in [6, 6.07) is 4.22. The van der Waals surface area contributed by atoms with Gasteiger partial charge in [-0.1, -0.05) is 38.8 Å². The highest BCUT2D eigenvalue weighted by Gasteiger charge is 2.47. The van der Waals surface area contributed by atoms with E-state index in [4.69, 9.17) is 25.4 Å². The number of alkyl halides is 3. The molecule has 44 heavy (non-hydrogen) atoms. The van der Waals surface area contributed by atoms with E-state index >= 15 is 0 Å². The molecule has 1 N–H and O–H groups in total. The summed E-state index contributed by atoms with van der Waals surface area (Å²) in [6.45, 7) is 5.15. The number of alkyl carbamates (subject to hydrolysis) is 1. The van der Waals surface area contributed by atoms with Crippen LogP contribution in [0.25, 0.3) is 11.0 Å². The van der Waals surface area contributed by atoms with E-state index in [1.807, 2.05) is 0 Å². The van der Waals surface area contributed by atoms with E-state index in [1.165, 1.54) is 12.0 Å². The van der Waals surface area contributed by atoms with Gasteiger partial charge in [0, 0.05) is 6.42 Å². The van der Waals surface area contributed by atoms with Gasteiger partial charge in [0.2, 0.25) is 11.8 Å². The van der Waals surface area contributed by atoms with E-state index in [-0.39, 0.29) is 31.2 Å². The molecule has 2 amide bonds. The van der Waals surface area contributed by atoms with Crippen molar-refractivity contribution in [3.05, 3.63) is 30.0 Å². The highest BCUT2D eigenvalue weighted by atomic mass is 79.9. The molecule has 1 saturated heterocycles. The molecule has 1 aromatic heterocycles. The Morgan fingerprint density at radius 2 is 1.82 bits per heavy atom. The fourth-order valence-electron chi connectivity index (χ4n) is 5.37. The molecule has 1 aliphatic carbocycles. The van der Waals surface area contributed by atoms with Crippen LogP contribution in [0.1, 0.15) is 52.1 Å². The minimum absolute atomic E-state index is 0.0716. The molecule has 5 atom stereocenters. The van der Waals surface area contributed by atoms with E-state index in [0.717, 1.165) is 6.42 Å². The lowest BCUT2D eigenvalue weighted by molar-refractivity contribution is -0.152. The first-order valence-electron chi connectivity index (χ1n) is 14.1. The van der Waals surface area contributed by atoms with Crippen LogP contribution >= 0.6 is 15.9 Å². The molecule has 2 heterocycles. The van der Waals surface area contributed by atoms with Crippen molar-refractivity contribution in [2.75, 3.05) is 20.3 Å². The second kappa shape index (κ2) is 13.6. The minimum atomic E-state index is -3.57. The van der Waals surface area contributed by atoms with Gasteiger partial charge in [0.15, 0.2) is 5.69 Å². The quantitative estimate of drug-likeness (QED) is 0.234. The van der Waals surface area contributed by atoms with Crippen molar-refractivity contribution in [3.63, 3.8) is 0 Å². The number of carbonyl (C=O) groups is 3. The summed E-state index contributed by atoms with van der Waals surface area (Å²) in [7, 11) is 1.18. The van der Waals surface area contributed by atoms with E-state index in [1.54, 1.807) is 45.0 Å². The summed E-state index contributed by atoms with van der Waals surface area (Å²) in [6.07, 6.45) is 4.63. The molecule has 0 spiro atoms. The number of hydrogen-bond donors (Lipinski definition) is 1. The topological polar surface area (TPSA) is 129 Å². The van der Waals surface area contributed by atoms with Crippen LogP contribution in [-0.2, 0) is 28.6 Å². The van der Waals surface area contributed by atoms with Crippen molar-refractivity contribution in [1.82, 2.24) is 20.2 Å². The standard InChI is InChI=1S/C30H35BrF2N4O7/c1-6-14-42-21-12-9-13-22(21)44-28(40)36-24(29(2,3)4)26(38)37-16-17(15-20(37)27(39)41-5)43-25-23(30(31,32)33)34-18-10-7-8-11-19(18)35-25/h1,7-8,10-11,17,20-22,24H,9,12-16H2,2-5H3,(H,36,40)/t17-,20+,21-,22-,24-/m1/s1. The Hall–Kier alpha value is -3.57. The second-order valence-corrected chi connectivity index (χ2v) is 12.7. The maximum absolute atomic E-state index is 14.5. The van der Waals surface area contributed by atoms with E-state index in [0.29, 0.717) is 18.4 Å². The van der Waals surface area contributed by atoms with Gasteiger partial charge in [0.05, 0.1) is 30.8 Å².